The van der Waals surface area contributed by atoms with E-state index in [-0.39, 0.29) is 11.9 Å². The van der Waals surface area contributed by atoms with Crippen molar-refractivity contribution in [1.82, 2.24) is 9.80 Å². The molecule has 1 saturated heterocycles. The largest absolute Gasteiger partial charge is 0.327 e. The Morgan fingerprint density at radius 3 is 2.44 bits per heavy atom. The van der Waals surface area contributed by atoms with Crippen LogP contribution in [0.3, 0.4) is 0 Å². The summed E-state index contributed by atoms with van der Waals surface area (Å²) in [6.07, 6.45) is 0. The van der Waals surface area contributed by atoms with E-state index in [1.807, 2.05) is 0 Å². The molecule has 0 N–H and O–H groups in total. The van der Waals surface area contributed by atoms with E-state index in [2.05, 4.69) is 0 Å². The number of carbonyl (C=O) groups is 2. The molecule has 1 fully saturated rings. The molecule has 4 nitrogen and oxygen atoms in total. The second kappa shape index (κ2) is 3.79. The van der Waals surface area contributed by atoms with Gasteiger partial charge in [0, 0.05) is 19.1 Å². The quantitative estimate of drug-likeness (QED) is 0.702. The molecule has 1 heterocycles. The molecule has 3 amide bonds. The van der Waals surface area contributed by atoms with Crippen molar-refractivity contribution in [1.29, 1.82) is 0 Å². The Balaban J connectivity index is 2.42. The van der Waals surface area contributed by atoms with Crippen LogP contribution in [0.1, 0.15) is 11.6 Å². The highest BCUT2D eigenvalue weighted by Crippen LogP contribution is 2.29. The highest BCUT2D eigenvalue weighted by molar-refractivity contribution is 6.30. The van der Waals surface area contributed by atoms with Gasteiger partial charge in [0.2, 0.25) is 0 Å². The van der Waals surface area contributed by atoms with Crippen LogP contribution in [0, 0.1) is 0 Å². The highest BCUT2D eigenvalue weighted by atomic mass is 35.5. The number of benzene rings is 1. The Morgan fingerprint density at radius 1 is 1.25 bits per heavy atom. The zero-order chi connectivity index (χ0) is 11.9. The number of hydrogen-bond donors (Lipinski definition) is 0. The molecule has 0 aromatic heterocycles. The van der Waals surface area contributed by atoms with Crippen LogP contribution in [0.4, 0.5) is 4.79 Å². The Hall–Kier alpha value is -1.55. The number of carbonyl (C=O) groups excluding carboxylic acids is 2. The van der Waals surface area contributed by atoms with Crippen molar-refractivity contribution in [3.8, 4) is 0 Å². The fraction of sp³-hybridized carbons (Fsp3) is 0.273. The molecule has 16 heavy (non-hydrogen) atoms. The first-order valence-electron chi connectivity index (χ1n) is 4.82. The zero-order valence-electron chi connectivity index (χ0n) is 8.98. The van der Waals surface area contributed by atoms with Crippen LogP contribution in [-0.2, 0) is 4.79 Å². The lowest BCUT2D eigenvalue weighted by Gasteiger charge is -2.16. The van der Waals surface area contributed by atoms with Gasteiger partial charge in [0.15, 0.2) is 0 Å². The summed E-state index contributed by atoms with van der Waals surface area (Å²) in [5.74, 6) is -0.227. The van der Waals surface area contributed by atoms with Gasteiger partial charge >= 0.3 is 6.03 Å². The second-order valence-electron chi connectivity index (χ2n) is 3.75. The minimum Gasteiger partial charge on any atom is -0.311 e. The predicted octanol–water partition coefficient (Wildman–Crippen LogP) is 1.90. The van der Waals surface area contributed by atoms with E-state index in [0.29, 0.717) is 5.02 Å². The van der Waals surface area contributed by atoms with Crippen LogP contribution in [0.25, 0.3) is 0 Å². The van der Waals surface area contributed by atoms with Crippen molar-refractivity contribution < 1.29 is 9.59 Å². The van der Waals surface area contributed by atoms with E-state index >= 15 is 0 Å². The van der Waals surface area contributed by atoms with Crippen LogP contribution in [0.5, 0.6) is 0 Å². The summed E-state index contributed by atoms with van der Waals surface area (Å²) < 4.78 is 0. The summed E-state index contributed by atoms with van der Waals surface area (Å²) in [4.78, 5) is 26.0. The van der Waals surface area contributed by atoms with Gasteiger partial charge in [-0.25, -0.2) is 4.79 Å². The Kier molecular flexibility index (Phi) is 2.59. The molecule has 1 unspecified atom stereocenters. The maximum atomic E-state index is 11.9. The van der Waals surface area contributed by atoms with E-state index in [0.717, 1.165) is 10.5 Å². The predicted molar refractivity (Wildman–Crippen MR) is 60.1 cm³/mol. The minimum atomic E-state index is -0.559. The summed E-state index contributed by atoms with van der Waals surface area (Å²) in [6.45, 7) is 0. The molecule has 0 radical (unpaired) electrons. The van der Waals surface area contributed by atoms with Crippen molar-refractivity contribution in [3.63, 3.8) is 0 Å². The molecule has 84 valence electrons. The van der Waals surface area contributed by atoms with E-state index in [1.165, 1.54) is 11.9 Å². The Morgan fingerprint density at radius 2 is 1.94 bits per heavy atom. The van der Waals surface area contributed by atoms with Crippen LogP contribution in [0.2, 0.25) is 5.02 Å². The van der Waals surface area contributed by atoms with Crippen LogP contribution >= 0.6 is 11.6 Å². The van der Waals surface area contributed by atoms with E-state index in [9.17, 15) is 9.59 Å². The number of likely N-dealkylation sites (N-methyl/N-ethyl adjacent to an activating group) is 2. The van der Waals surface area contributed by atoms with Gasteiger partial charge in [0.25, 0.3) is 5.91 Å². The number of hydrogen-bond acceptors (Lipinski definition) is 2. The van der Waals surface area contributed by atoms with E-state index in [1.54, 1.807) is 31.3 Å². The molecule has 0 aliphatic carbocycles. The molecule has 1 aliphatic rings. The highest BCUT2D eigenvalue weighted by Gasteiger charge is 2.41. The first kappa shape index (κ1) is 11.0. The lowest BCUT2D eigenvalue weighted by molar-refractivity contribution is -0.127. The molecule has 0 spiro atoms. The Labute approximate surface area is 98.4 Å². The van der Waals surface area contributed by atoms with Crippen molar-refractivity contribution in [2.45, 2.75) is 6.04 Å². The first-order valence-corrected chi connectivity index (χ1v) is 5.20. The number of imide groups is 1. The SMILES string of the molecule is CN1C(=O)C(c2cccc(Cl)c2)N(C)C1=O. The molecule has 1 atom stereocenters. The average molecular weight is 239 g/mol. The monoisotopic (exact) mass is 238 g/mol. The number of halogens is 1. The average Bonchev–Trinajstić information content (AvgIpc) is 2.44. The number of amides is 3. The standard InChI is InChI=1S/C11H11ClN2O2/c1-13-9(10(15)14(2)11(13)16)7-4-3-5-8(12)6-7/h3-6,9H,1-2H3. The molecule has 0 bridgehead atoms. The van der Waals surface area contributed by atoms with Crippen LogP contribution in [-0.4, -0.2) is 35.8 Å². The lowest BCUT2D eigenvalue weighted by Crippen LogP contribution is -2.27. The third-order valence-corrected chi connectivity index (χ3v) is 2.94. The molecule has 1 aromatic carbocycles. The third kappa shape index (κ3) is 1.55. The summed E-state index contributed by atoms with van der Waals surface area (Å²) in [6, 6.07) is 6.13. The topological polar surface area (TPSA) is 40.6 Å². The van der Waals surface area contributed by atoms with Gasteiger partial charge in [-0.1, -0.05) is 23.7 Å². The fourth-order valence-electron chi connectivity index (χ4n) is 1.83. The Bertz CT molecular complexity index is 461. The summed E-state index contributed by atoms with van der Waals surface area (Å²) in [5.41, 5.74) is 0.734. The second-order valence-corrected chi connectivity index (χ2v) is 4.18. The molecule has 1 aliphatic heterocycles. The molecular formula is C11H11ClN2O2. The molecule has 2 rings (SSSR count). The molecule has 5 heteroatoms. The van der Waals surface area contributed by atoms with E-state index < -0.39 is 6.04 Å². The van der Waals surface area contributed by atoms with Gasteiger partial charge in [-0.05, 0) is 17.7 Å². The smallest absolute Gasteiger partial charge is 0.311 e. The summed E-state index contributed by atoms with van der Waals surface area (Å²) in [5, 5.41) is 0.556. The summed E-state index contributed by atoms with van der Waals surface area (Å²) in [7, 11) is 3.08. The molecular weight excluding hydrogens is 228 g/mol. The van der Waals surface area contributed by atoms with Crippen molar-refractivity contribution in [2.24, 2.45) is 0 Å². The van der Waals surface area contributed by atoms with Crippen molar-refractivity contribution in [3.05, 3.63) is 34.9 Å². The number of nitrogens with zero attached hydrogens (tertiary/aromatic N) is 2. The van der Waals surface area contributed by atoms with Crippen LogP contribution < -0.4 is 0 Å². The fourth-order valence-corrected chi connectivity index (χ4v) is 2.03. The summed E-state index contributed by atoms with van der Waals surface area (Å²) >= 11 is 5.86. The first-order chi connectivity index (χ1) is 7.52. The van der Waals surface area contributed by atoms with Crippen molar-refractivity contribution in [2.75, 3.05) is 14.1 Å². The van der Waals surface area contributed by atoms with Crippen molar-refractivity contribution >= 4 is 23.5 Å². The normalized spacial score (nSPS) is 20.8. The zero-order valence-corrected chi connectivity index (χ0v) is 9.73. The number of urea groups is 1. The minimum absolute atomic E-state index is 0.227. The molecule has 1 aromatic rings. The van der Waals surface area contributed by atoms with Gasteiger partial charge in [0.05, 0.1) is 0 Å². The maximum absolute atomic E-state index is 11.9. The van der Waals surface area contributed by atoms with Gasteiger partial charge < -0.3 is 4.90 Å². The van der Waals surface area contributed by atoms with Gasteiger partial charge in [-0.3, -0.25) is 9.69 Å². The van der Waals surface area contributed by atoms with Gasteiger partial charge in [-0.15, -0.1) is 0 Å². The van der Waals surface area contributed by atoms with Gasteiger partial charge in [0.1, 0.15) is 6.04 Å². The third-order valence-electron chi connectivity index (χ3n) is 2.70. The van der Waals surface area contributed by atoms with Crippen LogP contribution in [0.15, 0.2) is 24.3 Å². The van der Waals surface area contributed by atoms with E-state index in [4.69, 9.17) is 11.6 Å². The number of rotatable bonds is 1. The lowest BCUT2D eigenvalue weighted by atomic mass is 10.1. The molecule has 0 saturated carbocycles. The maximum Gasteiger partial charge on any atom is 0.327 e. The van der Waals surface area contributed by atoms with Gasteiger partial charge in [-0.2, -0.15) is 0 Å².